The molecule has 0 aromatic carbocycles. The van der Waals surface area contributed by atoms with E-state index in [1.807, 2.05) is 0 Å². The van der Waals surface area contributed by atoms with E-state index in [1.165, 1.54) is 39.3 Å². The van der Waals surface area contributed by atoms with Crippen molar-refractivity contribution in [3.8, 4) is 11.1 Å². The highest BCUT2D eigenvalue weighted by atomic mass is 32.1. The summed E-state index contributed by atoms with van der Waals surface area (Å²) in [5.74, 6) is -1.59. The van der Waals surface area contributed by atoms with Crippen LogP contribution in [0.2, 0.25) is 0 Å². The van der Waals surface area contributed by atoms with Gasteiger partial charge in [0.25, 0.3) is 18.2 Å². The van der Waals surface area contributed by atoms with Crippen LogP contribution >= 0.6 is 11.3 Å². The van der Waals surface area contributed by atoms with Gasteiger partial charge in [-0.3, -0.25) is 29.1 Å². The average molecular weight is 585 g/mol. The van der Waals surface area contributed by atoms with Gasteiger partial charge in [0.1, 0.15) is 33.5 Å². The molecule has 0 unspecified atom stereocenters. The number of alkyl halides is 2. The second kappa shape index (κ2) is 10.2. The van der Waals surface area contributed by atoms with Crippen molar-refractivity contribution in [3.63, 3.8) is 0 Å². The highest BCUT2D eigenvalue weighted by molar-refractivity contribution is 7.21. The highest BCUT2D eigenvalue weighted by Gasteiger charge is 2.27. The molecule has 5 aromatic rings. The number of hydrogen-bond donors (Lipinski definition) is 2. The Morgan fingerprint density at radius 3 is 2.49 bits per heavy atom. The molecular weight excluding hydrogens is 562 g/mol. The van der Waals surface area contributed by atoms with E-state index < -0.39 is 28.9 Å². The maximum Gasteiger partial charge on any atom is 0.312 e. The number of halogens is 2. The number of pyridine rings is 1. The molecular formula is C24H22F2N10O4S. The first-order chi connectivity index (χ1) is 19.3. The lowest BCUT2D eigenvalue weighted by atomic mass is 10.0. The molecule has 17 heteroatoms. The number of amides is 2. The molecule has 0 aliphatic heterocycles. The summed E-state index contributed by atoms with van der Waals surface area (Å²) in [7, 11) is 1.68. The number of carbonyl (C=O) groups excluding carboxylic acids is 2. The van der Waals surface area contributed by atoms with Gasteiger partial charge in [0, 0.05) is 30.4 Å². The van der Waals surface area contributed by atoms with Gasteiger partial charge in [-0.2, -0.15) is 15.3 Å². The van der Waals surface area contributed by atoms with Crippen LogP contribution in [-0.2, 0) is 13.7 Å². The van der Waals surface area contributed by atoms with Gasteiger partial charge in [-0.1, -0.05) is 0 Å². The first-order valence-electron chi connectivity index (χ1n) is 11.9. The maximum atomic E-state index is 13.8. The average Bonchev–Trinajstić information content (AvgIpc) is 3.64. The predicted octanol–water partition coefficient (Wildman–Crippen LogP) is 3.72. The van der Waals surface area contributed by atoms with Gasteiger partial charge in [0.05, 0.1) is 16.3 Å². The van der Waals surface area contributed by atoms with Crippen molar-refractivity contribution in [2.45, 2.75) is 33.9 Å². The number of rotatable bonds is 8. The number of nitrogens with zero attached hydrogens (tertiary/aromatic N) is 8. The molecule has 5 aromatic heterocycles. The summed E-state index contributed by atoms with van der Waals surface area (Å²) in [5.41, 5.74) is 6.85. The molecule has 0 aliphatic rings. The first kappa shape index (κ1) is 27.5. The molecule has 3 N–H and O–H groups in total. The molecule has 0 atom stereocenters. The smallest absolute Gasteiger partial charge is 0.312 e. The van der Waals surface area contributed by atoms with Gasteiger partial charge in [-0.05, 0) is 38.5 Å². The van der Waals surface area contributed by atoms with Crippen LogP contribution in [0.15, 0.2) is 24.5 Å². The summed E-state index contributed by atoms with van der Waals surface area (Å²) in [5, 5.41) is 26.9. The number of aryl methyl sites for hydroxylation is 3. The summed E-state index contributed by atoms with van der Waals surface area (Å²) in [6, 6.07) is 2.61. The van der Waals surface area contributed by atoms with Crippen LogP contribution in [0.1, 0.15) is 49.4 Å². The summed E-state index contributed by atoms with van der Waals surface area (Å²) in [6.45, 7) is 4.77. The maximum absolute atomic E-state index is 13.8. The minimum absolute atomic E-state index is 0.00747. The Labute approximate surface area is 233 Å². The number of carbonyl (C=O) groups is 2. The molecule has 0 fully saturated rings. The number of nitrogens with two attached hydrogens (primary N) is 1. The number of aromatic nitrogens is 7. The number of primary amides is 1. The molecule has 0 saturated carbocycles. The van der Waals surface area contributed by atoms with Crippen LogP contribution in [-0.4, -0.2) is 51.1 Å². The monoisotopic (exact) mass is 584 g/mol. The topological polar surface area (TPSA) is 182 Å². The Hall–Kier alpha value is -5.06. The third-order valence-electron chi connectivity index (χ3n) is 6.35. The predicted molar refractivity (Wildman–Crippen MR) is 144 cm³/mol. The third-order valence-corrected chi connectivity index (χ3v) is 7.45. The molecule has 0 bridgehead atoms. The number of hydrogen-bond acceptors (Lipinski definition) is 9. The second-order valence-electron chi connectivity index (χ2n) is 9.16. The van der Waals surface area contributed by atoms with Crippen molar-refractivity contribution in [2.75, 3.05) is 5.32 Å². The normalized spacial score (nSPS) is 11.5. The molecule has 5 heterocycles. The van der Waals surface area contributed by atoms with Crippen molar-refractivity contribution in [3.05, 3.63) is 68.0 Å². The summed E-state index contributed by atoms with van der Waals surface area (Å²) < 4.78 is 31.8. The standard InChI is InChI=1S/C24H22F2N10O4S/c1-10-14(8-33(4)30-10)13-7-16(21(25)26)28-24-17(13)18(20(41-24)22(27)37)29-23(38)15-5-6-34(32-15)9-35-12(3)19(36(39)40)11(2)31-35/h5-8,21H,9H2,1-4H3,(H2,27,37)(H,29,38). The zero-order chi connectivity index (χ0) is 29.7. The van der Waals surface area contributed by atoms with E-state index in [0.29, 0.717) is 22.5 Å². The summed E-state index contributed by atoms with van der Waals surface area (Å²) in [6.07, 6.45) is 0.232. The van der Waals surface area contributed by atoms with Gasteiger partial charge in [0.15, 0.2) is 5.69 Å². The molecule has 5 rings (SSSR count). The van der Waals surface area contributed by atoms with Crippen molar-refractivity contribution in [2.24, 2.45) is 12.8 Å². The molecule has 14 nitrogen and oxygen atoms in total. The number of thiophene rings is 1. The minimum atomic E-state index is -2.89. The van der Waals surface area contributed by atoms with Crippen LogP contribution in [0.4, 0.5) is 20.2 Å². The van der Waals surface area contributed by atoms with Crippen molar-refractivity contribution >= 4 is 44.7 Å². The van der Waals surface area contributed by atoms with Gasteiger partial charge in [-0.15, -0.1) is 11.3 Å². The van der Waals surface area contributed by atoms with Gasteiger partial charge in [-0.25, -0.2) is 18.4 Å². The van der Waals surface area contributed by atoms with Gasteiger partial charge < -0.3 is 11.1 Å². The van der Waals surface area contributed by atoms with Crippen LogP contribution in [0.3, 0.4) is 0 Å². The Bertz CT molecular complexity index is 1870. The Morgan fingerprint density at radius 1 is 1.17 bits per heavy atom. The van der Waals surface area contributed by atoms with Crippen molar-refractivity contribution in [1.29, 1.82) is 0 Å². The largest absolute Gasteiger partial charge is 0.365 e. The fourth-order valence-electron chi connectivity index (χ4n) is 4.56. The first-order valence-corrected chi connectivity index (χ1v) is 12.8. The Balaban J connectivity index is 1.55. The van der Waals surface area contributed by atoms with Crippen molar-refractivity contribution < 1.29 is 23.3 Å². The minimum Gasteiger partial charge on any atom is -0.365 e. The van der Waals surface area contributed by atoms with Crippen molar-refractivity contribution in [1.82, 2.24) is 34.3 Å². The van der Waals surface area contributed by atoms with E-state index in [1.54, 1.807) is 27.1 Å². The Morgan fingerprint density at radius 2 is 1.90 bits per heavy atom. The number of nitro groups is 1. The summed E-state index contributed by atoms with van der Waals surface area (Å²) in [4.78, 5) is 40.5. The highest BCUT2D eigenvalue weighted by Crippen LogP contribution is 2.43. The summed E-state index contributed by atoms with van der Waals surface area (Å²) >= 11 is 0.784. The van der Waals surface area contributed by atoms with E-state index in [-0.39, 0.29) is 44.5 Å². The number of nitrogens with one attached hydrogen (secondary N) is 1. The SMILES string of the molecule is Cc1nn(C)cc1-c1cc(C(F)F)nc2sc(C(N)=O)c(NC(=O)c3ccn(Cn4nc(C)c([N+](=O)[O-])c4C)n3)c12. The third kappa shape index (κ3) is 4.90. The second-order valence-corrected chi connectivity index (χ2v) is 10.2. The van der Waals surface area contributed by atoms with Crippen LogP contribution in [0, 0.1) is 30.9 Å². The van der Waals surface area contributed by atoms with Crippen LogP contribution in [0.25, 0.3) is 21.3 Å². The Kier molecular flexibility index (Phi) is 6.82. The molecule has 2 amide bonds. The molecule has 212 valence electrons. The van der Waals surface area contributed by atoms with E-state index in [0.717, 1.165) is 11.3 Å². The van der Waals surface area contributed by atoms with Gasteiger partial charge >= 0.3 is 5.69 Å². The molecule has 0 aliphatic carbocycles. The fraction of sp³-hybridized carbons (Fsp3) is 0.250. The molecule has 0 spiro atoms. The number of fused-ring (bicyclic) bond motifs is 1. The van der Waals surface area contributed by atoms with Gasteiger partial charge in [0.2, 0.25) is 0 Å². The number of anilines is 1. The zero-order valence-electron chi connectivity index (χ0n) is 22.0. The van der Waals surface area contributed by atoms with Crippen LogP contribution < -0.4 is 11.1 Å². The van der Waals surface area contributed by atoms with Crippen LogP contribution in [0.5, 0.6) is 0 Å². The lowest BCUT2D eigenvalue weighted by Gasteiger charge is -2.10. The van der Waals surface area contributed by atoms with E-state index in [4.69, 9.17) is 5.73 Å². The zero-order valence-corrected chi connectivity index (χ0v) is 22.9. The van der Waals surface area contributed by atoms with E-state index >= 15 is 0 Å². The van der Waals surface area contributed by atoms with E-state index in [9.17, 15) is 28.5 Å². The fourth-order valence-corrected chi connectivity index (χ4v) is 5.58. The van der Waals surface area contributed by atoms with E-state index in [2.05, 4.69) is 25.6 Å². The molecule has 0 saturated heterocycles. The quantitative estimate of drug-likeness (QED) is 0.204. The molecule has 0 radical (unpaired) electrons. The lowest BCUT2D eigenvalue weighted by molar-refractivity contribution is -0.386. The molecule has 41 heavy (non-hydrogen) atoms. The lowest BCUT2D eigenvalue weighted by Crippen LogP contribution is -2.18.